The fourth-order valence-corrected chi connectivity index (χ4v) is 2.30. The number of nitrogens with one attached hydrogen (secondary N) is 2. The van der Waals surface area contributed by atoms with Gasteiger partial charge in [-0.05, 0) is 51.3 Å². The van der Waals surface area contributed by atoms with Gasteiger partial charge in [0.05, 0.1) is 12.6 Å². The predicted molar refractivity (Wildman–Crippen MR) is 119 cm³/mol. The maximum absolute atomic E-state index is 11.9. The lowest BCUT2D eigenvalue weighted by Gasteiger charge is -2.23. The average molecular weight is 476 g/mol. The third-order valence-electron chi connectivity index (χ3n) is 3.45. The smallest absolute Gasteiger partial charge is 0.407 e. The highest BCUT2D eigenvalue weighted by atomic mass is 127. The second-order valence-corrected chi connectivity index (χ2v) is 7.04. The van der Waals surface area contributed by atoms with E-state index < -0.39 is 11.7 Å². The number of hydrogen-bond acceptors (Lipinski definition) is 3. The normalized spacial score (nSPS) is 12.7. The zero-order chi connectivity index (χ0) is 18.9. The molecule has 1 rings (SSSR count). The molecule has 0 radical (unpaired) electrons. The molecule has 1 aromatic carbocycles. The summed E-state index contributed by atoms with van der Waals surface area (Å²) >= 11 is 0. The molecule has 0 fully saturated rings. The largest absolute Gasteiger partial charge is 0.444 e. The van der Waals surface area contributed by atoms with Gasteiger partial charge in [-0.25, -0.2) is 4.79 Å². The van der Waals surface area contributed by atoms with E-state index in [0.717, 1.165) is 24.9 Å². The Morgan fingerprint density at radius 3 is 2.58 bits per heavy atom. The van der Waals surface area contributed by atoms with E-state index >= 15 is 0 Å². The van der Waals surface area contributed by atoms with Crippen molar-refractivity contribution in [1.82, 2.24) is 5.32 Å². The Morgan fingerprint density at radius 2 is 2.00 bits per heavy atom. The first-order valence-electron chi connectivity index (χ1n) is 8.89. The van der Waals surface area contributed by atoms with Crippen LogP contribution in [0.3, 0.4) is 0 Å². The molecule has 148 valence electrons. The van der Waals surface area contributed by atoms with Gasteiger partial charge in [0.1, 0.15) is 5.60 Å². The first kappa shape index (κ1) is 24.5. The molecule has 1 atom stereocenters. The molecule has 0 saturated carbocycles. The van der Waals surface area contributed by atoms with Crippen molar-refractivity contribution in [2.75, 3.05) is 11.9 Å². The van der Waals surface area contributed by atoms with E-state index in [2.05, 4.69) is 35.5 Å². The number of rotatable bonds is 7. The molecule has 0 aromatic heterocycles. The number of nitrogens with two attached hydrogens (primary N) is 1. The molecular formula is C19H33IN4O2. The number of ether oxygens (including phenoxy) is 1. The predicted octanol–water partition coefficient (Wildman–Crippen LogP) is 4.29. The Hall–Kier alpha value is -1.51. The number of guanidine groups is 1. The molecule has 1 amide bonds. The van der Waals surface area contributed by atoms with E-state index in [9.17, 15) is 4.79 Å². The van der Waals surface area contributed by atoms with Crippen LogP contribution in [0.5, 0.6) is 0 Å². The minimum absolute atomic E-state index is 0. The Morgan fingerprint density at radius 1 is 1.31 bits per heavy atom. The fourth-order valence-electron chi connectivity index (χ4n) is 2.30. The maximum atomic E-state index is 11.9. The number of benzene rings is 1. The van der Waals surface area contributed by atoms with Gasteiger partial charge in [0.15, 0.2) is 5.96 Å². The van der Waals surface area contributed by atoms with Gasteiger partial charge in [0, 0.05) is 5.69 Å². The van der Waals surface area contributed by atoms with Gasteiger partial charge < -0.3 is 21.1 Å². The van der Waals surface area contributed by atoms with Crippen molar-refractivity contribution in [2.45, 2.75) is 65.5 Å². The molecule has 4 N–H and O–H groups in total. The molecule has 26 heavy (non-hydrogen) atoms. The number of amides is 1. The number of carbonyl (C=O) groups is 1. The van der Waals surface area contributed by atoms with Crippen LogP contribution in [-0.4, -0.2) is 30.2 Å². The minimum Gasteiger partial charge on any atom is -0.444 e. The van der Waals surface area contributed by atoms with E-state index in [1.807, 2.05) is 39.0 Å². The van der Waals surface area contributed by atoms with Crippen molar-refractivity contribution in [3.05, 3.63) is 29.8 Å². The lowest BCUT2D eigenvalue weighted by Crippen LogP contribution is -2.41. The van der Waals surface area contributed by atoms with Gasteiger partial charge in [-0.3, -0.25) is 4.99 Å². The van der Waals surface area contributed by atoms with Gasteiger partial charge in [-0.1, -0.05) is 32.4 Å². The third-order valence-corrected chi connectivity index (χ3v) is 3.45. The van der Waals surface area contributed by atoms with E-state index in [0.29, 0.717) is 12.5 Å². The molecule has 7 heteroatoms. The molecule has 1 aromatic rings. The van der Waals surface area contributed by atoms with Crippen LogP contribution >= 0.6 is 24.0 Å². The first-order chi connectivity index (χ1) is 11.7. The van der Waals surface area contributed by atoms with E-state index in [4.69, 9.17) is 10.5 Å². The van der Waals surface area contributed by atoms with Gasteiger partial charge in [-0.15, -0.1) is 24.0 Å². The molecule has 1 unspecified atom stereocenters. The summed E-state index contributed by atoms with van der Waals surface area (Å²) in [5.74, 6) is 0.334. The number of aliphatic imine (C=N–C) groups is 1. The quantitative estimate of drug-likeness (QED) is 0.311. The molecule has 0 aliphatic carbocycles. The van der Waals surface area contributed by atoms with Crippen molar-refractivity contribution >= 4 is 41.7 Å². The van der Waals surface area contributed by atoms with Crippen LogP contribution in [0.4, 0.5) is 10.5 Å². The zero-order valence-electron chi connectivity index (χ0n) is 16.5. The Balaban J connectivity index is 0.00000625. The molecule has 6 nitrogen and oxygen atoms in total. The lowest BCUT2D eigenvalue weighted by molar-refractivity contribution is 0.0503. The van der Waals surface area contributed by atoms with Crippen molar-refractivity contribution in [3.63, 3.8) is 0 Å². The highest BCUT2D eigenvalue weighted by molar-refractivity contribution is 14.0. The van der Waals surface area contributed by atoms with Crippen LogP contribution in [0, 0.1) is 0 Å². The van der Waals surface area contributed by atoms with E-state index in [1.54, 1.807) is 0 Å². The van der Waals surface area contributed by atoms with Gasteiger partial charge >= 0.3 is 6.09 Å². The highest BCUT2D eigenvalue weighted by Crippen LogP contribution is 2.11. The second kappa shape index (κ2) is 12.0. The maximum Gasteiger partial charge on any atom is 0.407 e. The molecule has 0 saturated heterocycles. The highest BCUT2D eigenvalue weighted by Gasteiger charge is 2.19. The van der Waals surface area contributed by atoms with Crippen LogP contribution in [0.25, 0.3) is 0 Å². The summed E-state index contributed by atoms with van der Waals surface area (Å²) < 4.78 is 5.30. The van der Waals surface area contributed by atoms with Crippen LogP contribution in [0.2, 0.25) is 0 Å². The SMILES string of the molecule is CCCC(CN=C(N)Nc1cccc(CC)c1)NC(=O)OC(C)(C)C.I. The molecule has 0 bridgehead atoms. The lowest BCUT2D eigenvalue weighted by atomic mass is 10.1. The van der Waals surface area contributed by atoms with Crippen molar-refractivity contribution in [1.29, 1.82) is 0 Å². The van der Waals surface area contributed by atoms with E-state index in [-0.39, 0.29) is 30.0 Å². The van der Waals surface area contributed by atoms with Crippen molar-refractivity contribution < 1.29 is 9.53 Å². The van der Waals surface area contributed by atoms with Crippen molar-refractivity contribution in [3.8, 4) is 0 Å². The second-order valence-electron chi connectivity index (χ2n) is 7.04. The van der Waals surface area contributed by atoms with Gasteiger partial charge in [-0.2, -0.15) is 0 Å². The molecule has 0 aliphatic rings. The standard InChI is InChI=1S/C19H32N4O2.HI/c1-6-9-16(23-18(24)25-19(3,4)5)13-21-17(20)22-15-11-8-10-14(7-2)12-15;/h8,10-12,16H,6-7,9,13H2,1-5H3,(H,23,24)(H3,20,21,22);1H. The Bertz CT molecular complexity index is 585. The number of aryl methyl sites for hydroxylation is 1. The summed E-state index contributed by atoms with van der Waals surface area (Å²) in [6, 6.07) is 7.94. The number of hydrogen-bond donors (Lipinski definition) is 3. The summed E-state index contributed by atoms with van der Waals surface area (Å²) in [5.41, 5.74) is 7.59. The topological polar surface area (TPSA) is 88.7 Å². The Labute approximate surface area is 174 Å². The van der Waals surface area contributed by atoms with Crippen molar-refractivity contribution in [2.24, 2.45) is 10.7 Å². The number of nitrogens with zero attached hydrogens (tertiary/aromatic N) is 1. The molecule has 0 spiro atoms. The van der Waals surface area contributed by atoms with Crippen LogP contribution in [-0.2, 0) is 11.2 Å². The zero-order valence-corrected chi connectivity index (χ0v) is 18.8. The Kier molecular flexibility index (Phi) is 11.3. The number of alkyl carbamates (subject to hydrolysis) is 1. The van der Waals surface area contributed by atoms with Crippen LogP contribution in [0.15, 0.2) is 29.3 Å². The number of anilines is 1. The third kappa shape index (κ3) is 10.5. The summed E-state index contributed by atoms with van der Waals surface area (Å²) in [6.45, 7) is 10.1. The molecule has 0 heterocycles. The molecule has 0 aliphatic heterocycles. The van der Waals surface area contributed by atoms with Crippen LogP contribution in [0.1, 0.15) is 53.0 Å². The molecular weight excluding hydrogens is 443 g/mol. The average Bonchev–Trinajstić information content (AvgIpc) is 2.51. The summed E-state index contributed by atoms with van der Waals surface area (Å²) in [6.07, 6.45) is 2.28. The number of carbonyl (C=O) groups excluding carboxylic acids is 1. The summed E-state index contributed by atoms with van der Waals surface area (Å²) in [7, 11) is 0. The summed E-state index contributed by atoms with van der Waals surface area (Å²) in [5, 5.41) is 5.95. The summed E-state index contributed by atoms with van der Waals surface area (Å²) in [4.78, 5) is 16.3. The first-order valence-corrected chi connectivity index (χ1v) is 8.89. The van der Waals surface area contributed by atoms with Crippen LogP contribution < -0.4 is 16.4 Å². The fraction of sp³-hybridized carbons (Fsp3) is 0.579. The van der Waals surface area contributed by atoms with E-state index in [1.165, 1.54) is 5.56 Å². The monoisotopic (exact) mass is 476 g/mol. The van der Waals surface area contributed by atoms with Gasteiger partial charge in [0.25, 0.3) is 0 Å². The number of halogens is 1. The van der Waals surface area contributed by atoms with Gasteiger partial charge in [0.2, 0.25) is 0 Å². The minimum atomic E-state index is -0.519.